The monoisotopic (exact) mass is 311 g/mol. The molecular formula is C15H22ClN3O2. The minimum Gasteiger partial charge on any atom is -0.383 e. The molecule has 5 nitrogen and oxygen atoms in total. The maximum atomic E-state index is 11.1. The Hall–Kier alpha value is -1.30. The summed E-state index contributed by atoms with van der Waals surface area (Å²) >= 11 is 5.99. The van der Waals surface area contributed by atoms with Crippen molar-refractivity contribution in [3.05, 3.63) is 28.8 Å². The molecule has 116 valence electrons. The van der Waals surface area contributed by atoms with Gasteiger partial charge in [0.2, 0.25) is 5.91 Å². The van der Waals surface area contributed by atoms with Crippen molar-refractivity contribution >= 4 is 23.2 Å². The van der Waals surface area contributed by atoms with Gasteiger partial charge >= 0.3 is 0 Å². The molecular weight excluding hydrogens is 290 g/mol. The molecule has 1 saturated carbocycles. The number of rotatable bonds is 6. The Bertz CT molecular complexity index is 488. The zero-order valence-corrected chi connectivity index (χ0v) is 12.7. The number of halogens is 1. The standard InChI is InChI=1S/C15H22ClN3O2/c16-14-9-11(3-6-13(14)15(18)20)19-7-8-21-12-4-1-10(17)2-5-12/h3,6,9-10,12,19H,1-2,4-5,7-8,17H2,(H2,18,20). The molecule has 0 unspecified atom stereocenters. The lowest BCUT2D eigenvalue weighted by atomic mass is 9.94. The number of nitrogens with one attached hydrogen (secondary N) is 1. The van der Waals surface area contributed by atoms with E-state index < -0.39 is 5.91 Å². The molecule has 1 fully saturated rings. The molecule has 0 saturated heterocycles. The number of benzene rings is 1. The molecule has 1 aliphatic rings. The van der Waals surface area contributed by atoms with Gasteiger partial charge in [-0.2, -0.15) is 0 Å². The van der Waals surface area contributed by atoms with Gasteiger partial charge in [0.15, 0.2) is 0 Å². The average Bonchev–Trinajstić information content (AvgIpc) is 2.45. The number of carbonyl (C=O) groups excluding carboxylic acids is 1. The maximum absolute atomic E-state index is 11.1. The van der Waals surface area contributed by atoms with Gasteiger partial charge in [0.25, 0.3) is 0 Å². The number of hydrogen-bond acceptors (Lipinski definition) is 4. The van der Waals surface area contributed by atoms with E-state index in [4.69, 9.17) is 27.8 Å². The zero-order chi connectivity index (χ0) is 15.2. The number of anilines is 1. The summed E-state index contributed by atoms with van der Waals surface area (Å²) in [5.74, 6) is -0.523. The van der Waals surface area contributed by atoms with Crippen molar-refractivity contribution in [2.75, 3.05) is 18.5 Å². The Labute approximate surface area is 130 Å². The molecule has 0 aromatic heterocycles. The van der Waals surface area contributed by atoms with Crippen LogP contribution in [0.2, 0.25) is 5.02 Å². The minimum absolute atomic E-state index is 0.326. The molecule has 0 heterocycles. The first-order valence-electron chi connectivity index (χ1n) is 7.26. The van der Waals surface area contributed by atoms with Gasteiger partial charge in [-0.3, -0.25) is 4.79 Å². The van der Waals surface area contributed by atoms with E-state index >= 15 is 0 Å². The highest BCUT2D eigenvalue weighted by molar-refractivity contribution is 6.34. The lowest BCUT2D eigenvalue weighted by molar-refractivity contribution is 0.0313. The predicted octanol–water partition coefficient (Wildman–Crippen LogP) is 2.14. The Balaban J connectivity index is 1.71. The normalized spacial score (nSPS) is 22.0. The molecule has 6 heteroatoms. The van der Waals surface area contributed by atoms with E-state index in [0.29, 0.717) is 35.9 Å². The van der Waals surface area contributed by atoms with E-state index in [1.54, 1.807) is 18.2 Å². The molecule has 0 spiro atoms. The maximum Gasteiger partial charge on any atom is 0.250 e. The van der Waals surface area contributed by atoms with Crippen LogP contribution in [-0.2, 0) is 4.74 Å². The minimum atomic E-state index is -0.523. The summed E-state index contributed by atoms with van der Waals surface area (Å²) in [6.07, 6.45) is 4.50. The molecule has 21 heavy (non-hydrogen) atoms. The molecule has 2 rings (SSSR count). The van der Waals surface area contributed by atoms with Gasteiger partial charge in [0.05, 0.1) is 23.3 Å². The molecule has 0 bridgehead atoms. The van der Waals surface area contributed by atoms with E-state index in [-0.39, 0.29) is 0 Å². The van der Waals surface area contributed by atoms with Crippen LogP contribution in [0, 0.1) is 0 Å². The largest absolute Gasteiger partial charge is 0.383 e. The van der Waals surface area contributed by atoms with Crippen LogP contribution < -0.4 is 16.8 Å². The zero-order valence-electron chi connectivity index (χ0n) is 12.0. The van der Waals surface area contributed by atoms with Crippen molar-refractivity contribution in [1.29, 1.82) is 0 Å². The smallest absolute Gasteiger partial charge is 0.250 e. The van der Waals surface area contributed by atoms with Crippen LogP contribution in [0.25, 0.3) is 0 Å². The van der Waals surface area contributed by atoms with Crippen LogP contribution in [0.4, 0.5) is 5.69 Å². The molecule has 1 aromatic carbocycles. The summed E-state index contributed by atoms with van der Waals surface area (Å²) in [4.78, 5) is 11.1. The summed E-state index contributed by atoms with van der Waals surface area (Å²) in [7, 11) is 0. The second-order valence-corrected chi connectivity index (χ2v) is 5.80. The van der Waals surface area contributed by atoms with Crippen LogP contribution >= 0.6 is 11.6 Å². The van der Waals surface area contributed by atoms with Gasteiger partial charge in [0.1, 0.15) is 0 Å². The van der Waals surface area contributed by atoms with Crippen molar-refractivity contribution in [2.24, 2.45) is 11.5 Å². The van der Waals surface area contributed by atoms with Crippen molar-refractivity contribution < 1.29 is 9.53 Å². The molecule has 0 radical (unpaired) electrons. The van der Waals surface area contributed by atoms with Crippen LogP contribution in [0.15, 0.2) is 18.2 Å². The summed E-state index contributed by atoms with van der Waals surface area (Å²) in [5.41, 5.74) is 12.2. The number of carbonyl (C=O) groups is 1. The van der Waals surface area contributed by atoms with Gasteiger partial charge < -0.3 is 21.5 Å². The molecule has 1 aromatic rings. The molecule has 0 aliphatic heterocycles. The number of amides is 1. The van der Waals surface area contributed by atoms with E-state index in [1.165, 1.54) is 0 Å². The highest BCUT2D eigenvalue weighted by Gasteiger charge is 2.18. The third-order valence-corrected chi connectivity index (χ3v) is 4.05. The van der Waals surface area contributed by atoms with Gasteiger partial charge in [-0.05, 0) is 43.9 Å². The quantitative estimate of drug-likeness (QED) is 0.702. The fourth-order valence-corrected chi connectivity index (χ4v) is 2.77. The fourth-order valence-electron chi connectivity index (χ4n) is 2.50. The fraction of sp³-hybridized carbons (Fsp3) is 0.533. The number of ether oxygens (including phenoxy) is 1. The van der Waals surface area contributed by atoms with E-state index in [0.717, 1.165) is 31.4 Å². The van der Waals surface area contributed by atoms with Gasteiger partial charge in [-0.15, -0.1) is 0 Å². The lowest BCUT2D eigenvalue weighted by Crippen LogP contribution is -2.31. The van der Waals surface area contributed by atoms with Crippen molar-refractivity contribution in [3.63, 3.8) is 0 Å². The predicted molar refractivity (Wildman–Crippen MR) is 84.6 cm³/mol. The first-order valence-corrected chi connectivity index (χ1v) is 7.64. The van der Waals surface area contributed by atoms with Crippen LogP contribution in [0.1, 0.15) is 36.0 Å². The van der Waals surface area contributed by atoms with Crippen LogP contribution in [0.3, 0.4) is 0 Å². The van der Waals surface area contributed by atoms with Crippen molar-refractivity contribution in [2.45, 2.75) is 37.8 Å². The Kier molecular flexibility index (Phi) is 5.85. The summed E-state index contributed by atoms with van der Waals surface area (Å²) < 4.78 is 5.82. The van der Waals surface area contributed by atoms with E-state index in [1.807, 2.05) is 0 Å². The first kappa shape index (κ1) is 16.1. The summed E-state index contributed by atoms with van der Waals surface area (Å²) in [6, 6.07) is 5.44. The topological polar surface area (TPSA) is 90.4 Å². The second-order valence-electron chi connectivity index (χ2n) is 5.39. The van der Waals surface area contributed by atoms with Crippen molar-refractivity contribution in [3.8, 4) is 0 Å². The Morgan fingerprint density at radius 2 is 2.05 bits per heavy atom. The third kappa shape index (κ3) is 4.88. The number of primary amides is 1. The molecule has 1 aliphatic carbocycles. The Morgan fingerprint density at radius 3 is 2.67 bits per heavy atom. The summed E-state index contributed by atoms with van der Waals surface area (Å²) in [5, 5.41) is 3.57. The molecule has 5 N–H and O–H groups in total. The van der Waals surface area contributed by atoms with E-state index in [2.05, 4.69) is 5.32 Å². The molecule has 1 amide bonds. The summed E-state index contributed by atoms with van der Waals surface area (Å²) in [6.45, 7) is 1.32. The SMILES string of the molecule is NC(=O)c1ccc(NCCOC2CCC(N)CC2)cc1Cl. The molecule has 0 atom stereocenters. The van der Waals surface area contributed by atoms with Crippen LogP contribution in [-0.4, -0.2) is 31.2 Å². The average molecular weight is 312 g/mol. The van der Waals surface area contributed by atoms with Crippen LogP contribution in [0.5, 0.6) is 0 Å². The van der Waals surface area contributed by atoms with E-state index in [9.17, 15) is 4.79 Å². The number of nitrogens with two attached hydrogens (primary N) is 2. The first-order chi connectivity index (χ1) is 10.1. The second kappa shape index (κ2) is 7.64. The highest BCUT2D eigenvalue weighted by atomic mass is 35.5. The van der Waals surface area contributed by atoms with Crippen molar-refractivity contribution in [1.82, 2.24) is 0 Å². The van der Waals surface area contributed by atoms with Gasteiger partial charge in [-0.1, -0.05) is 11.6 Å². The third-order valence-electron chi connectivity index (χ3n) is 3.74. The lowest BCUT2D eigenvalue weighted by Gasteiger charge is -2.26. The Morgan fingerprint density at radius 1 is 1.33 bits per heavy atom. The van der Waals surface area contributed by atoms with Gasteiger partial charge in [0, 0.05) is 18.3 Å². The highest BCUT2D eigenvalue weighted by Crippen LogP contribution is 2.21. The number of hydrogen-bond donors (Lipinski definition) is 3. The van der Waals surface area contributed by atoms with Gasteiger partial charge in [-0.25, -0.2) is 0 Å².